The van der Waals surface area contributed by atoms with Crippen LogP contribution in [0, 0.1) is 6.92 Å². The molecule has 2 aromatic rings. The predicted molar refractivity (Wildman–Crippen MR) is 142 cm³/mol. The molecule has 0 spiro atoms. The number of carbonyl (C=O) groups excluding carboxylic acids is 1. The summed E-state index contributed by atoms with van der Waals surface area (Å²) in [6.07, 6.45) is 1.95. The number of halogens is 3. The normalized spacial score (nSPS) is 20.2. The van der Waals surface area contributed by atoms with Crippen molar-refractivity contribution < 1.29 is 22.7 Å². The van der Waals surface area contributed by atoms with Crippen molar-refractivity contribution in [1.29, 1.82) is 0 Å². The van der Waals surface area contributed by atoms with E-state index < -0.39 is 16.2 Å². The molecule has 0 fully saturated rings. The average Bonchev–Trinajstić information content (AvgIpc) is 3.23. The van der Waals surface area contributed by atoms with Crippen LogP contribution in [-0.2, 0) is 10.5 Å². The molecule has 1 aliphatic heterocycles. The van der Waals surface area contributed by atoms with E-state index in [0.29, 0.717) is 17.9 Å². The summed E-state index contributed by atoms with van der Waals surface area (Å²) in [6, 6.07) is 15.2. The topological polar surface area (TPSA) is 26.3 Å². The summed E-state index contributed by atoms with van der Waals surface area (Å²) < 4.78 is 48.0. The van der Waals surface area contributed by atoms with Crippen molar-refractivity contribution in [2.24, 2.45) is 0 Å². The zero-order valence-corrected chi connectivity index (χ0v) is 22.1. The van der Waals surface area contributed by atoms with E-state index in [1.165, 1.54) is 13.0 Å². The van der Waals surface area contributed by atoms with E-state index in [1.807, 2.05) is 54.8 Å². The molecule has 0 radical (unpaired) electrons. The Labute approximate surface area is 212 Å². The molecular weight excluding hydrogens is 489 g/mol. The van der Waals surface area contributed by atoms with Crippen LogP contribution in [0.15, 0.2) is 75.9 Å². The molecule has 0 saturated carbocycles. The SMILES string of the molecule is CCCCC(CCSc1ccc(OC(C)=O)c(C)c1)S1(Cc2ccccc2)C=CC=C1C(F)(F)F. The maximum Gasteiger partial charge on any atom is 0.421 e. The van der Waals surface area contributed by atoms with Crippen LogP contribution in [0.5, 0.6) is 5.75 Å². The van der Waals surface area contributed by atoms with Gasteiger partial charge in [-0.05, 0) is 71.6 Å². The van der Waals surface area contributed by atoms with E-state index >= 15 is 0 Å². The van der Waals surface area contributed by atoms with Gasteiger partial charge < -0.3 is 4.74 Å². The van der Waals surface area contributed by atoms with E-state index in [-0.39, 0.29) is 16.1 Å². The van der Waals surface area contributed by atoms with Crippen molar-refractivity contribution in [1.82, 2.24) is 0 Å². The Morgan fingerprint density at radius 3 is 2.49 bits per heavy atom. The fourth-order valence-corrected chi connectivity index (χ4v) is 9.87. The third kappa shape index (κ3) is 7.20. The van der Waals surface area contributed by atoms with E-state index in [4.69, 9.17) is 4.74 Å². The number of aryl methyl sites for hydroxylation is 1. The molecule has 0 aromatic heterocycles. The van der Waals surface area contributed by atoms with E-state index in [9.17, 15) is 18.0 Å². The predicted octanol–water partition coefficient (Wildman–Crippen LogP) is 8.94. The summed E-state index contributed by atoms with van der Waals surface area (Å²) in [5, 5.41) is 1.83. The van der Waals surface area contributed by atoms with E-state index in [0.717, 1.165) is 41.0 Å². The lowest BCUT2D eigenvalue weighted by Gasteiger charge is -2.45. The third-order valence-electron chi connectivity index (χ3n) is 6.09. The molecule has 1 heterocycles. The van der Waals surface area contributed by atoms with Gasteiger partial charge in [-0.15, -0.1) is 11.8 Å². The number of hydrogen-bond donors (Lipinski definition) is 0. The molecule has 0 aliphatic carbocycles. The van der Waals surface area contributed by atoms with Gasteiger partial charge in [0.2, 0.25) is 0 Å². The van der Waals surface area contributed by atoms with Crippen molar-refractivity contribution in [3.05, 3.63) is 82.1 Å². The van der Waals surface area contributed by atoms with Gasteiger partial charge in [0.1, 0.15) is 5.75 Å². The van der Waals surface area contributed by atoms with Crippen LogP contribution in [0.3, 0.4) is 0 Å². The largest absolute Gasteiger partial charge is 0.426 e. The highest BCUT2D eigenvalue weighted by molar-refractivity contribution is 8.39. The summed E-state index contributed by atoms with van der Waals surface area (Å²) >= 11 is 1.64. The van der Waals surface area contributed by atoms with Gasteiger partial charge in [-0.25, -0.2) is 0 Å². The Kier molecular flexibility index (Phi) is 9.59. The molecule has 190 valence electrons. The Hall–Kier alpha value is -2.12. The Morgan fingerprint density at radius 1 is 1.11 bits per heavy atom. The number of thioether (sulfide) groups is 1. The fourth-order valence-electron chi connectivity index (χ4n) is 4.45. The van der Waals surface area contributed by atoms with Crippen LogP contribution in [0.25, 0.3) is 0 Å². The van der Waals surface area contributed by atoms with Gasteiger partial charge in [-0.2, -0.15) is 23.2 Å². The zero-order valence-electron chi connectivity index (χ0n) is 20.4. The Bertz CT molecular complexity index is 1060. The zero-order chi connectivity index (χ0) is 25.5. The molecule has 0 bridgehead atoms. The number of hydrogen-bond acceptors (Lipinski definition) is 3. The number of alkyl halides is 3. The first kappa shape index (κ1) is 27.5. The van der Waals surface area contributed by atoms with Gasteiger partial charge in [-0.1, -0.05) is 56.2 Å². The van der Waals surface area contributed by atoms with Gasteiger partial charge in [-0.3, -0.25) is 4.79 Å². The van der Waals surface area contributed by atoms with Gasteiger partial charge in [0, 0.05) is 17.6 Å². The first-order chi connectivity index (χ1) is 16.7. The molecule has 7 heteroatoms. The van der Waals surface area contributed by atoms with Crippen LogP contribution in [-0.4, -0.2) is 23.1 Å². The molecule has 1 aliphatic rings. The summed E-state index contributed by atoms with van der Waals surface area (Å²) in [5.41, 5.74) is 1.81. The number of allylic oxidation sites excluding steroid dienone is 3. The van der Waals surface area contributed by atoms with Gasteiger partial charge in [0.05, 0.1) is 4.91 Å². The molecule has 3 rings (SSSR count). The lowest BCUT2D eigenvalue weighted by atomic mass is 10.2. The number of unbranched alkanes of at least 4 members (excludes halogenated alkanes) is 1. The average molecular weight is 523 g/mol. The number of ether oxygens (including phenoxy) is 1. The summed E-state index contributed by atoms with van der Waals surface area (Å²) in [4.78, 5) is 11.9. The second-order valence-corrected chi connectivity index (χ2v) is 13.3. The van der Waals surface area contributed by atoms with Crippen molar-refractivity contribution >= 4 is 27.8 Å². The highest BCUT2D eigenvalue weighted by Gasteiger charge is 2.48. The highest BCUT2D eigenvalue weighted by Crippen LogP contribution is 2.70. The number of esters is 1. The number of benzene rings is 2. The first-order valence-corrected chi connectivity index (χ1v) is 14.8. The van der Waals surface area contributed by atoms with Gasteiger partial charge in [0.15, 0.2) is 0 Å². The van der Waals surface area contributed by atoms with E-state index in [1.54, 1.807) is 23.9 Å². The smallest absolute Gasteiger partial charge is 0.421 e. The summed E-state index contributed by atoms with van der Waals surface area (Å²) in [7, 11) is -2.22. The quantitative estimate of drug-likeness (QED) is 0.167. The Balaban J connectivity index is 1.83. The fraction of sp³-hybridized carbons (Fsp3) is 0.393. The number of rotatable bonds is 11. The molecule has 35 heavy (non-hydrogen) atoms. The van der Waals surface area contributed by atoms with Gasteiger partial charge >= 0.3 is 12.1 Å². The lowest BCUT2D eigenvalue weighted by Crippen LogP contribution is -2.26. The molecule has 0 amide bonds. The van der Waals surface area contributed by atoms with Crippen molar-refractivity contribution in [2.45, 2.75) is 68.5 Å². The minimum absolute atomic E-state index is 0.0526. The van der Waals surface area contributed by atoms with Crippen LogP contribution >= 0.6 is 21.8 Å². The van der Waals surface area contributed by atoms with Crippen molar-refractivity contribution in [2.75, 3.05) is 5.75 Å². The van der Waals surface area contributed by atoms with Crippen molar-refractivity contribution in [3.8, 4) is 5.75 Å². The number of carbonyl (C=O) groups is 1. The van der Waals surface area contributed by atoms with E-state index in [2.05, 4.69) is 6.92 Å². The second kappa shape index (κ2) is 12.2. The standard InChI is InChI=1S/C28H33F3O2S2/c1-4-5-12-25(16-17-34-24-14-15-26(21(2)19-24)33-22(3)32)35(20-23-10-7-6-8-11-23)18-9-13-27(35)28(29,30)31/h6-11,13-15,18-19,25H,4-5,12,16-17,20H2,1-3H3. The minimum Gasteiger partial charge on any atom is -0.426 e. The van der Waals surface area contributed by atoms with Crippen LogP contribution in [0.4, 0.5) is 13.2 Å². The van der Waals surface area contributed by atoms with Gasteiger partial charge in [0.25, 0.3) is 0 Å². The molecular formula is C28H33F3O2S2. The highest BCUT2D eigenvalue weighted by atomic mass is 32.3. The maximum atomic E-state index is 14.3. The monoisotopic (exact) mass is 522 g/mol. The second-order valence-electron chi connectivity index (χ2n) is 8.76. The third-order valence-corrected chi connectivity index (χ3v) is 11.4. The van der Waals surface area contributed by atoms with Crippen LogP contribution in [0.2, 0.25) is 0 Å². The molecule has 2 atom stereocenters. The molecule has 2 nitrogen and oxygen atoms in total. The summed E-state index contributed by atoms with van der Waals surface area (Å²) in [5.74, 6) is 1.32. The molecule has 2 aromatic carbocycles. The minimum atomic E-state index is -4.34. The van der Waals surface area contributed by atoms with Crippen molar-refractivity contribution in [3.63, 3.8) is 0 Å². The first-order valence-electron chi connectivity index (χ1n) is 11.9. The maximum absolute atomic E-state index is 14.3. The van der Waals surface area contributed by atoms with Crippen LogP contribution in [0.1, 0.15) is 50.7 Å². The van der Waals surface area contributed by atoms with Crippen LogP contribution < -0.4 is 4.74 Å². The Morgan fingerprint density at radius 2 is 1.86 bits per heavy atom. The summed E-state index contributed by atoms with van der Waals surface area (Å²) in [6.45, 7) is 5.34. The molecule has 0 saturated heterocycles. The molecule has 2 unspecified atom stereocenters. The molecule has 0 N–H and O–H groups in total. The lowest BCUT2D eigenvalue weighted by molar-refractivity contribution is -0.131.